The molecule has 0 unspecified atom stereocenters. The number of aromatic nitrogens is 3. The van der Waals surface area contributed by atoms with Gasteiger partial charge in [-0.25, -0.2) is 9.97 Å². The lowest BCUT2D eigenvalue weighted by atomic mass is 10.3. The Morgan fingerprint density at radius 3 is 2.89 bits per heavy atom. The van der Waals surface area contributed by atoms with E-state index in [1.54, 1.807) is 24.5 Å². The maximum Gasteiger partial charge on any atom is 0.270 e. The maximum absolute atomic E-state index is 13.2. The molecule has 3 heterocycles. The van der Waals surface area contributed by atoms with Crippen molar-refractivity contribution in [2.24, 2.45) is 0 Å². The second kappa shape index (κ2) is 8.42. The number of rotatable bonds is 7. The van der Waals surface area contributed by atoms with Crippen LogP contribution in [0.1, 0.15) is 16.1 Å². The molecule has 0 aliphatic carbocycles. The highest BCUT2D eigenvalue weighted by Crippen LogP contribution is 2.33. The number of nitrogens with zero attached hydrogens (tertiary/aromatic N) is 4. The Labute approximate surface area is 178 Å². The van der Waals surface area contributed by atoms with Crippen molar-refractivity contribution < 1.29 is 9.53 Å². The van der Waals surface area contributed by atoms with E-state index in [-0.39, 0.29) is 5.91 Å². The molecule has 1 aromatic carbocycles. The van der Waals surface area contributed by atoms with Gasteiger partial charge in [-0.1, -0.05) is 11.3 Å². The largest absolute Gasteiger partial charge is 0.497 e. The number of halogens is 1. The van der Waals surface area contributed by atoms with E-state index in [1.807, 2.05) is 41.1 Å². The van der Waals surface area contributed by atoms with Gasteiger partial charge in [0, 0.05) is 25.5 Å². The molecule has 0 bridgehead atoms. The number of carbonyl (C=O) groups is 1. The molecule has 0 fully saturated rings. The topological polar surface area (TPSA) is 60.2 Å². The highest BCUT2D eigenvalue weighted by molar-refractivity contribution is 9.11. The highest BCUT2D eigenvalue weighted by Gasteiger charge is 2.22. The van der Waals surface area contributed by atoms with Crippen LogP contribution in [0.3, 0.4) is 0 Å². The van der Waals surface area contributed by atoms with Crippen LogP contribution in [0.5, 0.6) is 5.75 Å². The minimum Gasteiger partial charge on any atom is -0.497 e. The van der Waals surface area contributed by atoms with Gasteiger partial charge in [0.1, 0.15) is 5.75 Å². The number of anilines is 1. The van der Waals surface area contributed by atoms with Crippen LogP contribution in [0, 0.1) is 0 Å². The monoisotopic (exact) mass is 476 g/mol. The first kappa shape index (κ1) is 19.1. The first-order valence-corrected chi connectivity index (χ1v) is 11.0. The van der Waals surface area contributed by atoms with Crippen LogP contribution in [0.2, 0.25) is 0 Å². The predicted octanol–water partition coefficient (Wildman–Crippen LogP) is 5.06. The van der Waals surface area contributed by atoms with Crippen molar-refractivity contribution in [1.29, 1.82) is 0 Å². The Morgan fingerprint density at radius 2 is 2.18 bits per heavy atom. The Morgan fingerprint density at radius 1 is 1.29 bits per heavy atom. The predicted molar refractivity (Wildman–Crippen MR) is 117 cm³/mol. The number of thiophene rings is 1. The summed E-state index contributed by atoms with van der Waals surface area (Å²) in [7, 11) is 1.64. The summed E-state index contributed by atoms with van der Waals surface area (Å²) in [4.78, 5) is 24.4. The molecular formula is C19H17BrN4O2S2. The molecule has 0 spiro atoms. The van der Waals surface area contributed by atoms with E-state index in [4.69, 9.17) is 9.72 Å². The number of methoxy groups -OCH3 is 1. The third kappa shape index (κ3) is 4.11. The van der Waals surface area contributed by atoms with Crippen molar-refractivity contribution in [2.45, 2.75) is 13.0 Å². The number of aryl methyl sites for hydroxylation is 1. The van der Waals surface area contributed by atoms with Crippen LogP contribution in [0.4, 0.5) is 5.13 Å². The van der Waals surface area contributed by atoms with Gasteiger partial charge in [0.05, 0.1) is 32.3 Å². The lowest BCUT2D eigenvalue weighted by Crippen LogP contribution is -2.31. The number of ether oxygens (including phenoxy) is 1. The summed E-state index contributed by atoms with van der Waals surface area (Å²) in [6.07, 6.45) is 6.26. The fourth-order valence-corrected chi connectivity index (χ4v) is 5.17. The van der Waals surface area contributed by atoms with E-state index < -0.39 is 0 Å². The van der Waals surface area contributed by atoms with Crippen LogP contribution in [0.15, 0.2) is 52.8 Å². The molecule has 0 saturated heterocycles. The molecule has 0 aliphatic rings. The molecule has 28 heavy (non-hydrogen) atoms. The summed E-state index contributed by atoms with van der Waals surface area (Å²) >= 11 is 6.37. The maximum atomic E-state index is 13.2. The van der Waals surface area contributed by atoms with E-state index in [1.165, 1.54) is 22.7 Å². The molecule has 0 atom stereocenters. The Bertz CT molecular complexity index is 1090. The van der Waals surface area contributed by atoms with E-state index in [0.717, 1.165) is 32.7 Å². The molecule has 4 rings (SSSR count). The minimum absolute atomic E-state index is 0.0349. The van der Waals surface area contributed by atoms with Crippen LogP contribution in [-0.2, 0) is 6.54 Å². The molecule has 0 saturated carbocycles. The van der Waals surface area contributed by atoms with Gasteiger partial charge in [-0.3, -0.25) is 9.69 Å². The third-order valence-corrected chi connectivity index (χ3v) is 6.85. The molecular weight excluding hydrogens is 460 g/mol. The molecule has 3 aromatic heterocycles. The van der Waals surface area contributed by atoms with Gasteiger partial charge in [0.15, 0.2) is 5.13 Å². The summed E-state index contributed by atoms with van der Waals surface area (Å²) in [5.41, 5.74) is 0.862. The Kier molecular flexibility index (Phi) is 5.74. The van der Waals surface area contributed by atoms with Gasteiger partial charge in [-0.2, -0.15) is 0 Å². The zero-order valence-electron chi connectivity index (χ0n) is 15.0. The summed E-state index contributed by atoms with van der Waals surface area (Å²) in [6.45, 7) is 1.36. The lowest BCUT2D eigenvalue weighted by Gasteiger charge is -2.19. The van der Waals surface area contributed by atoms with Gasteiger partial charge < -0.3 is 9.30 Å². The number of hydrogen-bond donors (Lipinski definition) is 0. The van der Waals surface area contributed by atoms with E-state index >= 15 is 0 Å². The van der Waals surface area contributed by atoms with Crippen LogP contribution in [-0.4, -0.2) is 34.1 Å². The smallest absolute Gasteiger partial charge is 0.270 e. The first-order chi connectivity index (χ1) is 13.6. The standard InChI is InChI=1S/C19H17BrN4O2S2/c1-26-13-3-4-14-16(11-13)28-19(22-14)24(9-2-8-23-10-7-21-12-23)18(25)15-5-6-17(20)27-15/h3-7,10-12H,2,8-9H2,1H3. The van der Waals surface area contributed by atoms with Crippen molar-refractivity contribution in [3.05, 3.63) is 57.7 Å². The van der Waals surface area contributed by atoms with E-state index in [9.17, 15) is 4.79 Å². The average Bonchev–Trinajstić information content (AvgIpc) is 3.44. The summed E-state index contributed by atoms with van der Waals surface area (Å²) in [6, 6.07) is 9.49. The number of carbonyl (C=O) groups excluding carboxylic acids is 1. The van der Waals surface area contributed by atoms with Crippen molar-refractivity contribution in [3.63, 3.8) is 0 Å². The second-order valence-electron chi connectivity index (χ2n) is 6.04. The van der Waals surface area contributed by atoms with Gasteiger partial charge in [0.25, 0.3) is 5.91 Å². The fourth-order valence-electron chi connectivity index (χ4n) is 2.81. The quantitative estimate of drug-likeness (QED) is 0.373. The molecule has 0 aliphatic heterocycles. The zero-order chi connectivity index (χ0) is 19.5. The molecule has 9 heteroatoms. The second-order valence-corrected chi connectivity index (χ2v) is 9.52. The highest BCUT2D eigenvalue weighted by atomic mass is 79.9. The van der Waals surface area contributed by atoms with Crippen molar-refractivity contribution >= 4 is 59.9 Å². The van der Waals surface area contributed by atoms with Crippen LogP contribution < -0.4 is 9.64 Å². The lowest BCUT2D eigenvalue weighted by molar-refractivity contribution is 0.0990. The summed E-state index contributed by atoms with van der Waals surface area (Å²) in [5, 5.41) is 0.698. The van der Waals surface area contributed by atoms with E-state index in [2.05, 4.69) is 20.9 Å². The minimum atomic E-state index is -0.0349. The van der Waals surface area contributed by atoms with E-state index in [0.29, 0.717) is 16.6 Å². The number of hydrogen-bond acceptors (Lipinski definition) is 6. The zero-order valence-corrected chi connectivity index (χ0v) is 18.3. The van der Waals surface area contributed by atoms with Gasteiger partial charge in [-0.15, -0.1) is 11.3 Å². The Hall–Kier alpha value is -2.23. The summed E-state index contributed by atoms with van der Waals surface area (Å²) < 4.78 is 9.24. The number of fused-ring (bicyclic) bond motifs is 1. The third-order valence-electron chi connectivity index (χ3n) is 4.20. The van der Waals surface area contributed by atoms with Gasteiger partial charge in [0.2, 0.25) is 0 Å². The molecule has 4 aromatic rings. The Balaban J connectivity index is 1.62. The van der Waals surface area contributed by atoms with Gasteiger partial charge >= 0.3 is 0 Å². The van der Waals surface area contributed by atoms with Gasteiger partial charge in [-0.05, 0) is 52.7 Å². The first-order valence-electron chi connectivity index (χ1n) is 8.61. The summed E-state index contributed by atoms with van der Waals surface area (Å²) in [5.74, 6) is 0.746. The van der Waals surface area contributed by atoms with Crippen LogP contribution in [0.25, 0.3) is 10.2 Å². The molecule has 144 valence electrons. The number of amides is 1. The normalized spacial score (nSPS) is 11.1. The SMILES string of the molecule is COc1ccc2nc(N(CCCn3ccnc3)C(=O)c3ccc(Br)s3)sc2c1. The number of imidazole rings is 1. The molecule has 6 nitrogen and oxygen atoms in total. The number of benzene rings is 1. The number of thiazole rings is 1. The molecule has 0 radical (unpaired) electrons. The van der Waals surface area contributed by atoms with Crippen molar-refractivity contribution in [3.8, 4) is 5.75 Å². The van der Waals surface area contributed by atoms with Crippen molar-refractivity contribution in [2.75, 3.05) is 18.6 Å². The van der Waals surface area contributed by atoms with Crippen molar-refractivity contribution in [1.82, 2.24) is 14.5 Å². The fraction of sp³-hybridized carbons (Fsp3) is 0.211. The molecule has 0 N–H and O–H groups in total. The van der Waals surface area contributed by atoms with Crippen LogP contribution >= 0.6 is 38.6 Å². The molecule has 1 amide bonds. The average molecular weight is 477 g/mol.